The molecule has 0 bridgehead atoms. The largest absolute Gasteiger partial charge is 0.368 e. The van der Waals surface area contributed by atoms with Crippen LogP contribution >= 0.6 is 0 Å². The summed E-state index contributed by atoms with van der Waals surface area (Å²) in [7, 11) is 0. The van der Waals surface area contributed by atoms with Gasteiger partial charge in [0.25, 0.3) is 0 Å². The Hall–Kier alpha value is -1.64. The van der Waals surface area contributed by atoms with Gasteiger partial charge in [0.15, 0.2) is 0 Å². The molecule has 0 aliphatic carbocycles. The molecule has 1 unspecified atom stereocenters. The van der Waals surface area contributed by atoms with Gasteiger partial charge in [0.1, 0.15) is 5.82 Å². The number of para-hydroxylation sites is 2. The minimum atomic E-state index is 0.655. The SMILES string of the molecule is CCC(C)CNc1nc2ccccc2nc1C. The highest BCUT2D eigenvalue weighted by Crippen LogP contribution is 2.16. The van der Waals surface area contributed by atoms with Gasteiger partial charge < -0.3 is 5.32 Å². The fourth-order valence-electron chi connectivity index (χ4n) is 1.67. The summed E-state index contributed by atoms with van der Waals surface area (Å²) < 4.78 is 0. The smallest absolute Gasteiger partial charge is 0.148 e. The van der Waals surface area contributed by atoms with Gasteiger partial charge in [-0.05, 0) is 25.0 Å². The lowest BCUT2D eigenvalue weighted by Crippen LogP contribution is -2.12. The highest BCUT2D eigenvalue weighted by atomic mass is 15.0. The highest BCUT2D eigenvalue weighted by molar-refractivity contribution is 5.76. The van der Waals surface area contributed by atoms with E-state index in [4.69, 9.17) is 0 Å². The molecule has 1 aromatic heterocycles. The Morgan fingerprint density at radius 1 is 1.18 bits per heavy atom. The third-order valence-corrected chi connectivity index (χ3v) is 3.06. The van der Waals surface area contributed by atoms with Gasteiger partial charge in [0.05, 0.1) is 16.7 Å². The fraction of sp³-hybridized carbons (Fsp3) is 0.429. The van der Waals surface area contributed by atoms with Gasteiger partial charge in [-0.3, -0.25) is 0 Å². The van der Waals surface area contributed by atoms with Crippen LogP contribution in [0.4, 0.5) is 5.82 Å². The van der Waals surface area contributed by atoms with E-state index >= 15 is 0 Å². The zero-order valence-corrected chi connectivity index (χ0v) is 10.7. The summed E-state index contributed by atoms with van der Waals surface area (Å²) in [6.07, 6.45) is 1.17. The normalized spacial score (nSPS) is 12.6. The third kappa shape index (κ3) is 2.73. The summed E-state index contributed by atoms with van der Waals surface area (Å²) in [6.45, 7) is 7.38. The zero-order chi connectivity index (χ0) is 12.3. The molecule has 0 aliphatic rings. The van der Waals surface area contributed by atoms with Crippen LogP contribution in [0.5, 0.6) is 0 Å². The number of nitrogens with zero attached hydrogens (tertiary/aromatic N) is 2. The number of nitrogens with one attached hydrogen (secondary N) is 1. The van der Waals surface area contributed by atoms with E-state index in [0.717, 1.165) is 29.1 Å². The van der Waals surface area contributed by atoms with E-state index in [0.29, 0.717) is 5.92 Å². The maximum absolute atomic E-state index is 4.61. The van der Waals surface area contributed by atoms with Gasteiger partial charge in [-0.25, -0.2) is 9.97 Å². The molecule has 90 valence electrons. The number of rotatable bonds is 4. The average molecular weight is 229 g/mol. The molecular formula is C14H19N3. The van der Waals surface area contributed by atoms with E-state index in [1.54, 1.807) is 0 Å². The van der Waals surface area contributed by atoms with Gasteiger partial charge in [-0.2, -0.15) is 0 Å². The molecule has 0 fully saturated rings. The number of aromatic nitrogens is 2. The Labute approximate surface area is 102 Å². The fourth-order valence-corrected chi connectivity index (χ4v) is 1.67. The molecular weight excluding hydrogens is 210 g/mol. The Morgan fingerprint density at radius 3 is 2.47 bits per heavy atom. The Morgan fingerprint density at radius 2 is 1.82 bits per heavy atom. The minimum Gasteiger partial charge on any atom is -0.368 e. The van der Waals surface area contributed by atoms with Crippen LogP contribution in [-0.4, -0.2) is 16.5 Å². The van der Waals surface area contributed by atoms with E-state index in [9.17, 15) is 0 Å². The van der Waals surface area contributed by atoms with E-state index in [2.05, 4.69) is 29.1 Å². The molecule has 0 amide bonds. The Bertz CT molecular complexity index is 508. The van der Waals surface area contributed by atoms with E-state index in [1.807, 2.05) is 31.2 Å². The maximum atomic E-state index is 4.61. The van der Waals surface area contributed by atoms with Crippen molar-refractivity contribution in [1.82, 2.24) is 9.97 Å². The van der Waals surface area contributed by atoms with Gasteiger partial charge in [0.2, 0.25) is 0 Å². The number of hydrogen-bond acceptors (Lipinski definition) is 3. The van der Waals surface area contributed by atoms with Crippen molar-refractivity contribution in [2.75, 3.05) is 11.9 Å². The van der Waals surface area contributed by atoms with E-state index in [1.165, 1.54) is 6.42 Å². The van der Waals surface area contributed by atoms with Crippen molar-refractivity contribution >= 4 is 16.9 Å². The number of anilines is 1. The molecule has 0 aliphatic heterocycles. The zero-order valence-electron chi connectivity index (χ0n) is 10.7. The number of benzene rings is 1. The van der Waals surface area contributed by atoms with Gasteiger partial charge in [0, 0.05) is 6.54 Å². The predicted molar refractivity (Wildman–Crippen MR) is 72.2 cm³/mol. The van der Waals surface area contributed by atoms with E-state index in [-0.39, 0.29) is 0 Å². The first kappa shape index (κ1) is 11.8. The molecule has 0 saturated heterocycles. The van der Waals surface area contributed by atoms with Crippen molar-refractivity contribution < 1.29 is 0 Å². The summed E-state index contributed by atoms with van der Waals surface area (Å²) in [4.78, 5) is 9.16. The monoisotopic (exact) mass is 229 g/mol. The summed E-state index contributed by atoms with van der Waals surface area (Å²) in [6, 6.07) is 7.97. The minimum absolute atomic E-state index is 0.655. The molecule has 1 atom stereocenters. The second-order valence-electron chi connectivity index (χ2n) is 4.54. The molecule has 1 N–H and O–H groups in total. The first-order valence-electron chi connectivity index (χ1n) is 6.18. The third-order valence-electron chi connectivity index (χ3n) is 3.06. The molecule has 0 saturated carbocycles. The highest BCUT2D eigenvalue weighted by Gasteiger charge is 2.05. The van der Waals surface area contributed by atoms with Crippen LogP contribution in [-0.2, 0) is 0 Å². The molecule has 17 heavy (non-hydrogen) atoms. The molecule has 1 heterocycles. The number of fused-ring (bicyclic) bond motifs is 1. The summed E-state index contributed by atoms with van der Waals surface area (Å²) in [5.74, 6) is 1.56. The van der Waals surface area contributed by atoms with Crippen molar-refractivity contribution in [3.05, 3.63) is 30.0 Å². The summed E-state index contributed by atoms with van der Waals surface area (Å²) >= 11 is 0. The van der Waals surface area contributed by atoms with Crippen LogP contribution in [0.1, 0.15) is 26.0 Å². The van der Waals surface area contributed by atoms with Gasteiger partial charge >= 0.3 is 0 Å². The van der Waals surface area contributed by atoms with Crippen molar-refractivity contribution in [1.29, 1.82) is 0 Å². The number of aryl methyl sites for hydroxylation is 1. The first-order chi connectivity index (χ1) is 8.20. The van der Waals surface area contributed by atoms with Crippen molar-refractivity contribution in [2.45, 2.75) is 27.2 Å². The van der Waals surface area contributed by atoms with Gasteiger partial charge in [-0.15, -0.1) is 0 Å². The van der Waals surface area contributed by atoms with Crippen LogP contribution in [0.15, 0.2) is 24.3 Å². The molecule has 2 aromatic rings. The Kier molecular flexibility index (Phi) is 3.57. The second-order valence-corrected chi connectivity index (χ2v) is 4.54. The van der Waals surface area contributed by atoms with E-state index < -0.39 is 0 Å². The van der Waals surface area contributed by atoms with Gasteiger partial charge in [-0.1, -0.05) is 32.4 Å². The molecule has 0 radical (unpaired) electrons. The first-order valence-corrected chi connectivity index (χ1v) is 6.18. The predicted octanol–water partition coefficient (Wildman–Crippen LogP) is 3.40. The lowest BCUT2D eigenvalue weighted by Gasteiger charge is -2.12. The quantitative estimate of drug-likeness (QED) is 0.873. The second kappa shape index (κ2) is 5.13. The topological polar surface area (TPSA) is 37.8 Å². The van der Waals surface area contributed by atoms with Crippen LogP contribution in [0.2, 0.25) is 0 Å². The summed E-state index contributed by atoms with van der Waals surface area (Å²) in [5.41, 5.74) is 2.87. The average Bonchev–Trinajstić information content (AvgIpc) is 2.35. The van der Waals surface area contributed by atoms with Crippen LogP contribution < -0.4 is 5.32 Å². The van der Waals surface area contributed by atoms with Crippen LogP contribution in [0, 0.1) is 12.8 Å². The lowest BCUT2D eigenvalue weighted by atomic mass is 10.1. The van der Waals surface area contributed by atoms with Crippen LogP contribution in [0.3, 0.4) is 0 Å². The number of hydrogen-bond donors (Lipinski definition) is 1. The molecule has 3 heteroatoms. The summed E-state index contributed by atoms with van der Waals surface area (Å²) in [5, 5.41) is 3.38. The van der Waals surface area contributed by atoms with Crippen molar-refractivity contribution in [2.24, 2.45) is 5.92 Å². The molecule has 3 nitrogen and oxygen atoms in total. The van der Waals surface area contributed by atoms with Crippen LogP contribution in [0.25, 0.3) is 11.0 Å². The lowest BCUT2D eigenvalue weighted by molar-refractivity contribution is 0.592. The van der Waals surface area contributed by atoms with Crippen molar-refractivity contribution in [3.8, 4) is 0 Å². The van der Waals surface area contributed by atoms with Crippen molar-refractivity contribution in [3.63, 3.8) is 0 Å². The Balaban J connectivity index is 2.25. The maximum Gasteiger partial charge on any atom is 0.148 e. The molecule has 0 spiro atoms. The molecule has 2 rings (SSSR count). The molecule has 1 aromatic carbocycles. The standard InChI is InChI=1S/C14H19N3/c1-4-10(2)9-15-14-11(3)16-12-7-5-6-8-13(12)17-14/h5-8,10H,4,9H2,1-3H3,(H,15,17).